The van der Waals surface area contributed by atoms with Gasteiger partial charge in [0.2, 0.25) is 0 Å². The summed E-state index contributed by atoms with van der Waals surface area (Å²) in [7, 11) is 0. The molecule has 33 heavy (non-hydrogen) atoms. The highest BCUT2D eigenvalue weighted by Crippen LogP contribution is 2.35. The standard InChI is InChI=1S/C26H32F4N2O/c27-20-25(33-19-22-6-2-1-3-7-22)14-4-5-15-32(25)18-21-12-16-31(17-13-21)24-10-8-23(9-11-24)26(28,29)30/h1-3,6-11,21H,4-5,12-20H2. The Morgan fingerprint density at radius 3 is 2.24 bits per heavy atom. The van der Waals surface area contributed by atoms with E-state index < -0.39 is 24.1 Å². The fraction of sp³-hybridized carbons (Fsp3) is 0.538. The Labute approximate surface area is 193 Å². The van der Waals surface area contributed by atoms with Crippen LogP contribution in [-0.4, -0.2) is 43.5 Å². The van der Waals surface area contributed by atoms with Crippen LogP contribution in [0.2, 0.25) is 0 Å². The van der Waals surface area contributed by atoms with Crippen molar-refractivity contribution in [1.29, 1.82) is 0 Å². The summed E-state index contributed by atoms with van der Waals surface area (Å²) < 4.78 is 59.1. The average Bonchev–Trinajstić information content (AvgIpc) is 2.84. The van der Waals surface area contributed by atoms with E-state index in [1.54, 1.807) is 12.1 Å². The van der Waals surface area contributed by atoms with Crippen LogP contribution in [0.15, 0.2) is 54.6 Å². The molecule has 0 saturated carbocycles. The molecule has 0 N–H and O–H groups in total. The molecule has 1 unspecified atom stereocenters. The largest absolute Gasteiger partial charge is 0.416 e. The molecule has 2 aromatic carbocycles. The molecular weight excluding hydrogens is 432 g/mol. The number of likely N-dealkylation sites (tertiary alicyclic amines) is 1. The van der Waals surface area contributed by atoms with Crippen molar-refractivity contribution in [2.45, 2.75) is 50.6 Å². The van der Waals surface area contributed by atoms with Gasteiger partial charge in [-0.3, -0.25) is 4.90 Å². The lowest BCUT2D eigenvalue weighted by molar-refractivity contribution is -0.196. The number of hydrogen-bond acceptors (Lipinski definition) is 3. The third-order valence-corrected chi connectivity index (χ3v) is 7.03. The Morgan fingerprint density at radius 1 is 0.909 bits per heavy atom. The zero-order valence-electron chi connectivity index (χ0n) is 18.9. The zero-order chi connectivity index (χ0) is 23.3. The van der Waals surface area contributed by atoms with Crippen molar-refractivity contribution in [3.05, 3.63) is 65.7 Å². The minimum Gasteiger partial charge on any atom is -0.372 e. The van der Waals surface area contributed by atoms with Gasteiger partial charge in [-0.05, 0) is 67.9 Å². The van der Waals surface area contributed by atoms with Gasteiger partial charge in [0.05, 0.1) is 12.2 Å². The van der Waals surface area contributed by atoms with Gasteiger partial charge >= 0.3 is 6.18 Å². The first kappa shape index (κ1) is 24.0. The first-order chi connectivity index (χ1) is 15.9. The number of piperidine rings is 2. The van der Waals surface area contributed by atoms with Crippen LogP contribution in [0.1, 0.15) is 43.2 Å². The summed E-state index contributed by atoms with van der Waals surface area (Å²) in [4.78, 5) is 4.35. The van der Waals surface area contributed by atoms with Crippen LogP contribution >= 0.6 is 0 Å². The molecule has 2 aliphatic heterocycles. The van der Waals surface area contributed by atoms with Crippen molar-refractivity contribution in [2.24, 2.45) is 5.92 Å². The maximum absolute atomic E-state index is 14.4. The minimum atomic E-state index is -4.31. The van der Waals surface area contributed by atoms with E-state index in [9.17, 15) is 17.6 Å². The van der Waals surface area contributed by atoms with Crippen LogP contribution in [0.25, 0.3) is 0 Å². The summed E-state index contributed by atoms with van der Waals surface area (Å²) in [6.45, 7) is 3.07. The number of halogens is 4. The van der Waals surface area contributed by atoms with E-state index in [2.05, 4.69) is 9.80 Å². The maximum Gasteiger partial charge on any atom is 0.416 e. The van der Waals surface area contributed by atoms with Crippen LogP contribution in [0.3, 0.4) is 0 Å². The van der Waals surface area contributed by atoms with E-state index in [4.69, 9.17) is 4.74 Å². The molecule has 1 atom stereocenters. The molecule has 7 heteroatoms. The molecule has 2 saturated heterocycles. The van der Waals surface area contributed by atoms with Gasteiger partial charge in [-0.1, -0.05) is 30.3 Å². The third-order valence-electron chi connectivity index (χ3n) is 7.03. The van der Waals surface area contributed by atoms with Crippen molar-refractivity contribution >= 4 is 5.69 Å². The predicted molar refractivity (Wildman–Crippen MR) is 122 cm³/mol. The van der Waals surface area contributed by atoms with Crippen molar-refractivity contribution in [2.75, 3.05) is 37.8 Å². The molecular formula is C26H32F4N2O. The topological polar surface area (TPSA) is 15.7 Å². The van der Waals surface area contributed by atoms with Crippen LogP contribution < -0.4 is 4.90 Å². The molecule has 0 spiro atoms. The van der Waals surface area contributed by atoms with Crippen molar-refractivity contribution in [3.8, 4) is 0 Å². The molecule has 0 aromatic heterocycles. The number of hydrogen-bond donors (Lipinski definition) is 0. The lowest BCUT2D eigenvalue weighted by Gasteiger charge is -2.47. The van der Waals surface area contributed by atoms with E-state index in [1.165, 1.54) is 0 Å². The Bertz CT molecular complexity index is 866. The fourth-order valence-corrected chi connectivity index (χ4v) is 5.02. The Balaban J connectivity index is 1.34. The molecule has 2 heterocycles. The summed E-state index contributed by atoms with van der Waals surface area (Å²) in [5, 5.41) is 0. The predicted octanol–water partition coefficient (Wildman–Crippen LogP) is 6.29. The van der Waals surface area contributed by atoms with Crippen LogP contribution in [0.5, 0.6) is 0 Å². The number of rotatable bonds is 7. The normalized spacial score (nSPS) is 23.1. The highest BCUT2D eigenvalue weighted by molar-refractivity contribution is 5.48. The van der Waals surface area contributed by atoms with E-state index in [0.717, 1.165) is 75.2 Å². The van der Waals surface area contributed by atoms with Gasteiger partial charge in [0, 0.05) is 31.9 Å². The van der Waals surface area contributed by atoms with Crippen LogP contribution in [-0.2, 0) is 17.5 Å². The van der Waals surface area contributed by atoms with Gasteiger partial charge in [0.15, 0.2) is 5.72 Å². The second-order valence-corrected chi connectivity index (χ2v) is 9.23. The molecule has 2 fully saturated rings. The van der Waals surface area contributed by atoms with Gasteiger partial charge in [0.25, 0.3) is 0 Å². The highest BCUT2D eigenvalue weighted by Gasteiger charge is 2.41. The first-order valence-electron chi connectivity index (χ1n) is 11.8. The smallest absolute Gasteiger partial charge is 0.372 e. The van der Waals surface area contributed by atoms with Crippen molar-refractivity contribution < 1.29 is 22.3 Å². The first-order valence-corrected chi connectivity index (χ1v) is 11.8. The number of nitrogens with zero attached hydrogens (tertiary/aromatic N) is 2. The lowest BCUT2D eigenvalue weighted by Crippen LogP contribution is -2.57. The Kier molecular flexibility index (Phi) is 7.59. The molecule has 2 aromatic rings. The summed E-state index contributed by atoms with van der Waals surface area (Å²) in [6.07, 6.45) is 0.242. The minimum absolute atomic E-state index is 0.396. The third kappa shape index (κ3) is 5.87. The second-order valence-electron chi connectivity index (χ2n) is 9.23. The van der Waals surface area contributed by atoms with E-state index in [1.807, 2.05) is 30.3 Å². The Morgan fingerprint density at radius 2 is 1.61 bits per heavy atom. The second kappa shape index (κ2) is 10.4. The van der Waals surface area contributed by atoms with Crippen molar-refractivity contribution in [1.82, 2.24) is 4.90 Å². The molecule has 0 aliphatic carbocycles. The molecule has 3 nitrogen and oxygen atoms in total. The SMILES string of the molecule is FCC1(OCc2ccccc2)CCCCN1CC1CCN(c2ccc(C(F)(F)F)cc2)CC1. The average molecular weight is 465 g/mol. The quantitative estimate of drug-likeness (QED) is 0.448. The zero-order valence-corrected chi connectivity index (χ0v) is 18.9. The summed E-state index contributed by atoms with van der Waals surface area (Å²) in [5.41, 5.74) is 0.382. The van der Waals surface area contributed by atoms with Gasteiger partial charge in [-0.15, -0.1) is 0 Å². The molecule has 0 radical (unpaired) electrons. The number of anilines is 1. The number of alkyl halides is 4. The van der Waals surface area contributed by atoms with Crippen LogP contribution in [0, 0.1) is 5.92 Å². The lowest BCUT2D eigenvalue weighted by atomic mass is 9.92. The van der Waals surface area contributed by atoms with Crippen molar-refractivity contribution in [3.63, 3.8) is 0 Å². The van der Waals surface area contributed by atoms with Gasteiger partial charge in [-0.2, -0.15) is 13.2 Å². The summed E-state index contributed by atoms with van der Waals surface area (Å²) in [5.74, 6) is 0.417. The van der Waals surface area contributed by atoms with E-state index >= 15 is 0 Å². The van der Waals surface area contributed by atoms with E-state index in [-0.39, 0.29) is 0 Å². The Hall–Kier alpha value is -2.12. The number of ether oxygens (including phenoxy) is 1. The highest BCUT2D eigenvalue weighted by atomic mass is 19.4. The molecule has 0 amide bonds. The summed E-state index contributed by atoms with van der Waals surface area (Å²) >= 11 is 0. The van der Waals surface area contributed by atoms with Gasteiger partial charge < -0.3 is 9.64 Å². The molecule has 180 valence electrons. The molecule has 4 rings (SSSR count). The molecule has 2 aliphatic rings. The van der Waals surface area contributed by atoms with Crippen LogP contribution in [0.4, 0.5) is 23.2 Å². The molecule has 0 bridgehead atoms. The fourth-order valence-electron chi connectivity index (χ4n) is 5.02. The monoisotopic (exact) mass is 464 g/mol. The van der Waals surface area contributed by atoms with E-state index in [0.29, 0.717) is 18.9 Å². The number of benzene rings is 2. The van der Waals surface area contributed by atoms with Gasteiger partial charge in [0.1, 0.15) is 6.67 Å². The van der Waals surface area contributed by atoms with Gasteiger partial charge in [-0.25, -0.2) is 4.39 Å². The summed E-state index contributed by atoms with van der Waals surface area (Å²) in [6, 6.07) is 15.3. The maximum atomic E-state index is 14.4.